The van der Waals surface area contributed by atoms with Crippen molar-refractivity contribution in [2.75, 3.05) is 19.5 Å². The third-order valence-electron chi connectivity index (χ3n) is 4.87. The Bertz CT molecular complexity index is 1040. The van der Waals surface area contributed by atoms with Crippen molar-refractivity contribution in [1.82, 2.24) is 9.88 Å². The number of fused-ring (bicyclic) bond motifs is 1. The number of methoxy groups -OCH3 is 2. The molecular weight excluding hydrogens is 373 g/mol. The predicted octanol–water partition coefficient (Wildman–Crippen LogP) is 4.00. The van der Waals surface area contributed by atoms with E-state index in [1.807, 2.05) is 0 Å². The Labute approximate surface area is 167 Å². The number of ether oxygens (including phenoxy) is 2. The van der Waals surface area contributed by atoms with Gasteiger partial charge in [0.25, 0.3) is 5.91 Å². The quantitative estimate of drug-likeness (QED) is 0.686. The van der Waals surface area contributed by atoms with E-state index in [-0.39, 0.29) is 11.7 Å². The monoisotopic (exact) mass is 393 g/mol. The van der Waals surface area contributed by atoms with Crippen LogP contribution in [0.1, 0.15) is 27.8 Å². The van der Waals surface area contributed by atoms with Crippen LogP contribution in [-0.4, -0.2) is 30.0 Å². The van der Waals surface area contributed by atoms with Gasteiger partial charge in [-0.25, -0.2) is 4.39 Å². The highest BCUT2D eigenvalue weighted by Gasteiger charge is 2.38. The van der Waals surface area contributed by atoms with Crippen LogP contribution in [0.4, 0.5) is 10.1 Å². The maximum absolute atomic E-state index is 13.3. The molecule has 2 aromatic carbocycles. The number of hydrogen-bond acceptors (Lipinski definition) is 5. The number of nitrogens with one attached hydrogen (secondary N) is 1. The smallest absolute Gasteiger partial charge is 0.258 e. The molecule has 7 heteroatoms. The first-order valence-electron chi connectivity index (χ1n) is 9.09. The van der Waals surface area contributed by atoms with Crippen LogP contribution in [0.15, 0.2) is 60.8 Å². The molecule has 0 aliphatic carbocycles. The first kappa shape index (κ1) is 18.7. The molecule has 1 aliphatic heterocycles. The van der Waals surface area contributed by atoms with Gasteiger partial charge >= 0.3 is 0 Å². The lowest BCUT2D eigenvalue weighted by Crippen LogP contribution is -2.32. The fourth-order valence-corrected chi connectivity index (χ4v) is 3.41. The molecule has 0 unspecified atom stereocenters. The Morgan fingerprint density at radius 3 is 2.62 bits per heavy atom. The summed E-state index contributed by atoms with van der Waals surface area (Å²) in [6.45, 7) is 0.305. The van der Waals surface area contributed by atoms with Crippen LogP contribution < -0.4 is 14.8 Å². The first-order valence-corrected chi connectivity index (χ1v) is 9.09. The zero-order chi connectivity index (χ0) is 20.4. The Kier molecular flexibility index (Phi) is 5.03. The second-order valence-electron chi connectivity index (χ2n) is 6.61. The fourth-order valence-electron chi connectivity index (χ4n) is 3.41. The van der Waals surface area contributed by atoms with Crippen LogP contribution in [-0.2, 0) is 6.54 Å². The van der Waals surface area contributed by atoms with Gasteiger partial charge in [-0.2, -0.15) is 0 Å². The van der Waals surface area contributed by atoms with Crippen molar-refractivity contribution in [3.63, 3.8) is 0 Å². The molecule has 4 rings (SSSR count). The van der Waals surface area contributed by atoms with Gasteiger partial charge in [-0.3, -0.25) is 9.78 Å². The third kappa shape index (κ3) is 3.59. The standard InChI is InChI=1S/C22H20FN3O3/c1-28-16-9-10-19(29-2)18(12-16)25-21-20-17(4-3-11-24-20)22(27)26(21)13-14-5-7-15(23)8-6-14/h3-12,21,25H,13H2,1-2H3/t21-/m0/s1. The Morgan fingerprint density at radius 2 is 1.90 bits per heavy atom. The van der Waals surface area contributed by atoms with E-state index in [1.54, 1.807) is 67.8 Å². The van der Waals surface area contributed by atoms with Crippen molar-refractivity contribution in [2.45, 2.75) is 12.7 Å². The number of anilines is 1. The van der Waals surface area contributed by atoms with Crippen molar-refractivity contribution in [3.05, 3.63) is 83.4 Å². The van der Waals surface area contributed by atoms with Crippen molar-refractivity contribution in [1.29, 1.82) is 0 Å². The van der Waals surface area contributed by atoms with Crippen LogP contribution in [0.2, 0.25) is 0 Å². The van der Waals surface area contributed by atoms with Crippen LogP contribution in [0.25, 0.3) is 0 Å². The number of benzene rings is 2. The summed E-state index contributed by atoms with van der Waals surface area (Å²) < 4.78 is 24.1. The highest BCUT2D eigenvalue weighted by molar-refractivity contribution is 5.99. The van der Waals surface area contributed by atoms with Gasteiger partial charge in [0.1, 0.15) is 23.5 Å². The summed E-state index contributed by atoms with van der Waals surface area (Å²) in [6.07, 6.45) is 1.15. The molecule has 6 nitrogen and oxygen atoms in total. The molecule has 2 heterocycles. The largest absolute Gasteiger partial charge is 0.497 e. The SMILES string of the molecule is COc1ccc(OC)c(N[C@@H]2c3ncccc3C(=O)N2Cc2ccc(F)cc2)c1. The predicted molar refractivity (Wildman–Crippen MR) is 106 cm³/mol. The number of halogens is 1. The van der Waals surface area contributed by atoms with E-state index >= 15 is 0 Å². The van der Waals surface area contributed by atoms with Gasteiger partial charge in [0.2, 0.25) is 0 Å². The molecular formula is C22H20FN3O3. The summed E-state index contributed by atoms with van der Waals surface area (Å²) in [5.74, 6) is 0.812. The van der Waals surface area contributed by atoms with Crippen molar-refractivity contribution < 1.29 is 18.7 Å². The van der Waals surface area contributed by atoms with Crippen LogP contribution in [0.3, 0.4) is 0 Å². The third-order valence-corrected chi connectivity index (χ3v) is 4.87. The summed E-state index contributed by atoms with van der Waals surface area (Å²) in [4.78, 5) is 19.2. The molecule has 1 aliphatic rings. The summed E-state index contributed by atoms with van der Waals surface area (Å²) in [6, 6.07) is 15.0. The van der Waals surface area contributed by atoms with E-state index in [0.29, 0.717) is 35.0 Å². The maximum atomic E-state index is 13.3. The first-order chi connectivity index (χ1) is 14.1. The molecule has 0 spiro atoms. The average molecular weight is 393 g/mol. The van der Waals surface area contributed by atoms with Gasteiger partial charge in [-0.1, -0.05) is 12.1 Å². The zero-order valence-corrected chi connectivity index (χ0v) is 16.1. The molecule has 148 valence electrons. The topological polar surface area (TPSA) is 63.7 Å². The molecule has 0 saturated carbocycles. The van der Waals surface area contributed by atoms with E-state index in [4.69, 9.17) is 9.47 Å². The Balaban J connectivity index is 1.71. The molecule has 1 aromatic heterocycles. The maximum Gasteiger partial charge on any atom is 0.258 e. The molecule has 3 aromatic rings. The van der Waals surface area contributed by atoms with Gasteiger partial charge in [0, 0.05) is 18.8 Å². The summed E-state index contributed by atoms with van der Waals surface area (Å²) in [5, 5.41) is 3.37. The van der Waals surface area contributed by atoms with Crippen LogP contribution in [0.5, 0.6) is 11.5 Å². The van der Waals surface area contributed by atoms with Gasteiger partial charge in [-0.05, 0) is 42.0 Å². The normalized spacial score (nSPS) is 15.2. The van der Waals surface area contributed by atoms with E-state index < -0.39 is 6.17 Å². The van der Waals surface area contributed by atoms with Gasteiger partial charge < -0.3 is 19.7 Å². The fraction of sp³-hybridized carbons (Fsp3) is 0.182. The van der Waals surface area contributed by atoms with E-state index in [9.17, 15) is 9.18 Å². The summed E-state index contributed by atoms with van der Waals surface area (Å²) >= 11 is 0. The number of pyridine rings is 1. The molecule has 0 bridgehead atoms. The highest BCUT2D eigenvalue weighted by Crippen LogP contribution is 2.38. The summed E-state index contributed by atoms with van der Waals surface area (Å²) in [7, 11) is 3.16. The lowest BCUT2D eigenvalue weighted by molar-refractivity contribution is 0.0727. The molecule has 1 N–H and O–H groups in total. The van der Waals surface area contributed by atoms with Crippen molar-refractivity contribution in [2.24, 2.45) is 0 Å². The molecule has 29 heavy (non-hydrogen) atoms. The molecule has 1 amide bonds. The highest BCUT2D eigenvalue weighted by atomic mass is 19.1. The minimum atomic E-state index is -0.509. The number of aromatic nitrogens is 1. The van der Waals surface area contributed by atoms with Crippen molar-refractivity contribution >= 4 is 11.6 Å². The van der Waals surface area contributed by atoms with E-state index in [2.05, 4.69) is 10.3 Å². The Hall–Kier alpha value is -3.61. The molecule has 0 saturated heterocycles. The average Bonchev–Trinajstić information content (AvgIpc) is 3.01. The number of carbonyl (C=O) groups excluding carboxylic acids is 1. The Morgan fingerprint density at radius 1 is 1.10 bits per heavy atom. The van der Waals surface area contributed by atoms with Crippen LogP contribution in [0, 0.1) is 5.82 Å². The number of rotatable bonds is 6. The molecule has 0 radical (unpaired) electrons. The number of nitrogens with zero attached hydrogens (tertiary/aromatic N) is 2. The number of carbonyl (C=O) groups is 1. The molecule has 0 fully saturated rings. The molecule has 1 atom stereocenters. The zero-order valence-electron chi connectivity index (χ0n) is 16.1. The van der Waals surface area contributed by atoms with Gasteiger partial charge in [0.05, 0.1) is 31.2 Å². The lowest BCUT2D eigenvalue weighted by atomic mass is 10.2. The minimum Gasteiger partial charge on any atom is -0.497 e. The second kappa shape index (κ2) is 7.79. The lowest BCUT2D eigenvalue weighted by Gasteiger charge is -2.27. The van der Waals surface area contributed by atoms with Crippen molar-refractivity contribution in [3.8, 4) is 11.5 Å². The van der Waals surface area contributed by atoms with E-state index in [1.165, 1.54) is 12.1 Å². The van der Waals surface area contributed by atoms with Gasteiger partial charge in [0.15, 0.2) is 0 Å². The van der Waals surface area contributed by atoms with E-state index in [0.717, 1.165) is 5.56 Å². The number of amides is 1. The second-order valence-corrected chi connectivity index (χ2v) is 6.61. The number of hydrogen-bond donors (Lipinski definition) is 1. The van der Waals surface area contributed by atoms with Crippen LogP contribution >= 0.6 is 0 Å². The minimum absolute atomic E-state index is 0.142. The summed E-state index contributed by atoms with van der Waals surface area (Å²) in [5.41, 5.74) is 2.66. The van der Waals surface area contributed by atoms with Gasteiger partial charge in [-0.15, -0.1) is 0 Å².